The van der Waals surface area contributed by atoms with Crippen LogP contribution in [0.3, 0.4) is 0 Å². The first-order valence-corrected chi connectivity index (χ1v) is 12.0. The Bertz CT molecular complexity index is 1200. The van der Waals surface area contributed by atoms with Gasteiger partial charge in [0.25, 0.3) is 5.91 Å². The molecule has 0 unspecified atom stereocenters. The first kappa shape index (κ1) is 22.8. The minimum absolute atomic E-state index is 0.0653. The van der Waals surface area contributed by atoms with E-state index in [1.807, 2.05) is 24.3 Å². The number of nitrogens with one attached hydrogen (secondary N) is 1. The number of ether oxygens (including phenoxy) is 2. The molecule has 0 aliphatic carbocycles. The van der Waals surface area contributed by atoms with Crippen LogP contribution in [0.25, 0.3) is 6.08 Å². The van der Waals surface area contributed by atoms with Crippen molar-refractivity contribution < 1.29 is 27.5 Å². The van der Waals surface area contributed by atoms with Crippen LogP contribution in [0, 0.1) is 0 Å². The largest absolute Gasteiger partial charge is 0.496 e. The standard InChI is InChI=1S/C23H25N3O6S/c1-16-23(28)24-19-15-18(8-9-21(19)32-16)33(29,30)26-13-11-25(12-14-26)22(27)10-7-17-5-3-4-6-20(17)31-2/h3-10,15-16H,11-14H2,1-2H3,(H,24,28)/b10-7+/t16-/m0/s1. The highest BCUT2D eigenvalue weighted by molar-refractivity contribution is 7.89. The van der Waals surface area contributed by atoms with E-state index in [9.17, 15) is 18.0 Å². The highest BCUT2D eigenvalue weighted by Gasteiger charge is 2.31. The topological polar surface area (TPSA) is 105 Å². The van der Waals surface area contributed by atoms with Gasteiger partial charge in [0.2, 0.25) is 15.9 Å². The molecule has 0 saturated carbocycles. The number of sulfonamides is 1. The van der Waals surface area contributed by atoms with Gasteiger partial charge in [0, 0.05) is 37.8 Å². The van der Waals surface area contributed by atoms with E-state index in [-0.39, 0.29) is 42.9 Å². The molecule has 10 heteroatoms. The molecule has 0 aromatic heterocycles. The lowest BCUT2D eigenvalue weighted by molar-refractivity contribution is -0.127. The molecular weight excluding hydrogens is 446 g/mol. The highest BCUT2D eigenvalue weighted by Crippen LogP contribution is 2.33. The second-order valence-corrected chi connectivity index (χ2v) is 9.65. The molecule has 0 bridgehead atoms. The summed E-state index contributed by atoms with van der Waals surface area (Å²) in [7, 11) is -2.22. The fourth-order valence-electron chi connectivity index (χ4n) is 3.72. The minimum Gasteiger partial charge on any atom is -0.496 e. The van der Waals surface area contributed by atoms with Crippen molar-refractivity contribution in [2.75, 3.05) is 38.6 Å². The van der Waals surface area contributed by atoms with Crippen molar-refractivity contribution >= 4 is 33.6 Å². The summed E-state index contributed by atoms with van der Waals surface area (Å²) in [4.78, 5) is 26.1. The van der Waals surface area contributed by atoms with Gasteiger partial charge in [-0.05, 0) is 37.3 Å². The van der Waals surface area contributed by atoms with Crippen molar-refractivity contribution in [3.8, 4) is 11.5 Å². The van der Waals surface area contributed by atoms with Crippen LogP contribution in [-0.4, -0.2) is 68.8 Å². The molecule has 0 radical (unpaired) electrons. The molecule has 1 saturated heterocycles. The molecule has 2 aliphatic heterocycles. The van der Waals surface area contributed by atoms with Crippen molar-refractivity contribution in [2.45, 2.75) is 17.9 Å². The summed E-state index contributed by atoms with van der Waals surface area (Å²) in [6.45, 7) is 2.52. The van der Waals surface area contributed by atoms with Crippen LogP contribution in [0.1, 0.15) is 12.5 Å². The van der Waals surface area contributed by atoms with Crippen molar-refractivity contribution in [1.82, 2.24) is 9.21 Å². The van der Waals surface area contributed by atoms with E-state index in [0.29, 0.717) is 17.2 Å². The minimum atomic E-state index is -3.79. The normalized spacial score (nSPS) is 19.0. The zero-order chi connectivity index (χ0) is 23.6. The summed E-state index contributed by atoms with van der Waals surface area (Å²) in [5.74, 6) is 0.572. The Kier molecular flexibility index (Phi) is 6.39. The molecule has 33 heavy (non-hydrogen) atoms. The van der Waals surface area contributed by atoms with E-state index >= 15 is 0 Å². The summed E-state index contributed by atoms with van der Waals surface area (Å²) >= 11 is 0. The average molecular weight is 472 g/mol. The number of carbonyl (C=O) groups excluding carboxylic acids is 2. The Morgan fingerprint density at radius 1 is 1.15 bits per heavy atom. The maximum atomic E-state index is 13.1. The zero-order valence-electron chi connectivity index (χ0n) is 18.4. The average Bonchev–Trinajstić information content (AvgIpc) is 2.83. The molecular formula is C23H25N3O6S. The lowest BCUT2D eigenvalue weighted by Gasteiger charge is -2.33. The number of piperazine rings is 1. The highest BCUT2D eigenvalue weighted by atomic mass is 32.2. The van der Waals surface area contributed by atoms with E-state index in [0.717, 1.165) is 5.56 Å². The van der Waals surface area contributed by atoms with Crippen molar-refractivity contribution in [3.63, 3.8) is 0 Å². The zero-order valence-corrected chi connectivity index (χ0v) is 19.2. The van der Waals surface area contributed by atoms with Gasteiger partial charge in [-0.15, -0.1) is 0 Å². The van der Waals surface area contributed by atoms with Crippen LogP contribution in [0.2, 0.25) is 0 Å². The van der Waals surface area contributed by atoms with Gasteiger partial charge >= 0.3 is 0 Å². The lowest BCUT2D eigenvalue weighted by Crippen LogP contribution is -2.50. The Labute approximate surface area is 192 Å². The van der Waals surface area contributed by atoms with Crippen molar-refractivity contribution in [1.29, 1.82) is 0 Å². The third kappa shape index (κ3) is 4.71. The van der Waals surface area contributed by atoms with Gasteiger partial charge in [0.1, 0.15) is 11.5 Å². The Balaban J connectivity index is 1.41. The number of para-hydroxylation sites is 1. The van der Waals surface area contributed by atoms with E-state index in [1.54, 1.807) is 31.1 Å². The van der Waals surface area contributed by atoms with Crippen molar-refractivity contribution in [3.05, 3.63) is 54.1 Å². The molecule has 2 heterocycles. The van der Waals surface area contributed by atoms with Crippen LogP contribution < -0.4 is 14.8 Å². The summed E-state index contributed by atoms with van der Waals surface area (Å²) in [6, 6.07) is 11.8. The monoisotopic (exact) mass is 471 g/mol. The number of hydrogen-bond acceptors (Lipinski definition) is 6. The Morgan fingerprint density at radius 3 is 2.61 bits per heavy atom. The fourth-order valence-corrected chi connectivity index (χ4v) is 5.17. The number of hydrogen-bond donors (Lipinski definition) is 1. The van der Waals surface area contributed by atoms with E-state index in [2.05, 4.69) is 5.32 Å². The maximum absolute atomic E-state index is 13.1. The van der Waals surface area contributed by atoms with Gasteiger partial charge in [0.15, 0.2) is 6.10 Å². The van der Waals surface area contributed by atoms with Gasteiger partial charge < -0.3 is 19.7 Å². The molecule has 1 N–H and O–H groups in total. The Hall–Kier alpha value is -3.37. The molecule has 4 rings (SSSR count). The number of carbonyl (C=O) groups is 2. The number of nitrogens with zero attached hydrogens (tertiary/aromatic N) is 2. The summed E-state index contributed by atoms with van der Waals surface area (Å²) in [5.41, 5.74) is 1.11. The fraction of sp³-hybridized carbons (Fsp3) is 0.304. The SMILES string of the molecule is COc1ccccc1/C=C/C(=O)N1CCN(S(=O)(=O)c2ccc3c(c2)NC(=O)[C@H](C)O3)CC1. The second-order valence-electron chi connectivity index (χ2n) is 7.71. The van der Waals surface area contributed by atoms with Crippen LogP contribution in [0.15, 0.2) is 53.4 Å². The third-order valence-corrected chi connectivity index (χ3v) is 7.51. The molecule has 2 amide bonds. The lowest BCUT2D eigenvalue weighted by atomic mass is 10.2. The van der Waals surface area contributed by atoms with Crippen LogP contribution in [-0.2, 0) is 19.6 Å². The first-order valence-electron chi connectivity index (χ1n) is 10.5. The molecule has 9 nitrogen and oxygen atoms in total. The van der Waals surface area contributed by atoms with E-state index in [4.69, 9.17) is 9.47 Å². The van der Waals surface area contributed by atoms with Crippen molar-refractivity contribution in [2.24, 2.45) is 0 Å². The smallest absolute Gasteiger partial charge is 0.265 e. The summed E-state index contributed by atoms with van der Waals surface area (Å²) in [5, 5.41) is 2.67. The number of benzene rings is 2. The third-order valence-electron chi connectivity index (χ3n) is 5.61. The molecule has 2 aromatic carbocycles. The molecule has 1 fully saturated rings. The van der Waals surface area contributed by atoms with Gasteiger partial charge in [0.05, 0.1) is 17.7 Å². The number of anilines is 1. The molecule has 0 spiro atoms. The predicted octanol–water partition coefficient (Wildman–Crippen LogP) is 1.96. The van der Waals surface area contributed by atoms with Gasteiger partial charge in [-0.3, -0.25) is 9.59 Å². The predicted molar refractivity (Wildman–Crippen MR) is 123 cm³/mol. The van der Waals surface area contributed by atoms with E-state index < -0.39 is 16.1 Å². The van der Waals surface area contributed by atoms with Crippen LogP contribution >= 0.6 is 0 Å². The van der Waals surface area contributed by atoms with Gasteiger partial charge in [-0.25, -0.2) is 8.42 Å². The van der Waals surface area contributed by atoms with Crippen LogP contribution in [0.5, 0.6) is 11.5 Å². The van der Waals surface area contributed by atoms with Gasteiger partial charge in [-0.2, -0.15) is 4.31 Å². The Morgan fingerprint density at radius 2 is 1.88 bits per heavy atom. The maximum Gasteiger partial charge on any atom is 0.265 e. The molecule has 2 aliphatic rings. The van der Waals surface area contributed by atoms with Gasteiger partial charge in [-0.1, -0.05) is 18.2 Å². The first-order chi connectivity index (χ1) is 15.8. The number of amides is 2. The second kappa shape index (κ2) is 9.24. The quantitative estimate of drug-likeness (QED) is 0.669. The number of methoxy groups -OCH3 is 1. The number of rotatable bonds is 5. The number of fused-ring (bicyclic) bond motifs is 1. The molecule has 1 atom stereocenters. The molecule has 2 aromatic rings. The van der Waals surface area contributed by atoms with E-state index in [1.165, 1.54) is 22.5 Å². The summed E-state index contributed by atoms with van der Waals surface area (Å²) < 4.78 is 38.3. The molecule has 174 valence electrons. The van der Waals surface area contributed by atoms with Crippen LogP contribution in [0.4, 0.5) is 5.69 Å². The summed E-state index contributed by atoms with van der Waals surface area (Å²) in [6.07, 6.45) is 2.52.